The number of hydrogen-bond acceptors (Lipinski definition) is 6. The van der Waals surface area contributed by atoms with Crippen molar-refractivity contribution in [3.8, 4) is 16.8 Å². The Labute approximate surface area is 305 Å². The summed E-state index contributed by atoms with van der Waals surface area (Å²) < 4.78 is 17.0. The fourth-order valence-corrected chi connectivity index (χ4v) is 8.41. The first-order valence-corrected chi connectivity index (χ1v) is 19.7. The Hall–Kier alpha value is -3.96. The van der Waals surface area contributed by atoms with E-state index < -0.39 is 11.4 Å². The molecule has 1 N–H and O–H groups in total. The number of fused-ring (bicyclic) bond motifs is 1. The fourth-order valence-electron chi connectivity index (χ4n) is 7.16. The summed E-state index contributed by atoms with van der Waals surface area (Å²) in [5.74, 6) is -0.309. The van der Waals surface area contributed by atoms with Gasteiger partial charge in [0.25, 0.3) is 11.8 Å². The van der Waals surface area contributed by atoms with Crippen molar-refractivity contribution in [2.24, 2.45) is 0 Å². The summed E-state index contributed by atoms with van der Waals surface area (Å²) in [5.41, 5.74) is 6.05. The topological polar surface area (TPSA) is 105 Å². The first-order valence-electron chi connectivity index (χ1n) is 18.6. The molecule has 0 saturated carbocycles. The molecular weight excluding hydrogens is 659 g/mol. The maximum atomic E-state index is 14.7. The lowest BCUT2D eigenvalue weighted by Gasteiger charge is -2.36. The van der Waals surface area contributed by atoms with E-state index in [2.05, 4.69) is 19.9 Å². The van der Waals surface area contributed by atoms with Gasteiger partial charge in [-0.25, -0.2) is 4.68 Å². The average Bonchev–Trinajstić information content (AvgIpc) is 3.57. The highest BCUT2D eigenvalue weighted by atomic mass is 32.2. The first-order chi connectivity index (χ1) is 24.8. The fraction of sp³-hybridized carbons (Fsp3) is 0.439. The molecule has 2 amide bonds. The van der Waals surface area contributed by atoms with Gasteiger partial charge in [-0.1, -0.05) is 63.4 Å². The van der Waals surface area contributed by atoms with E-state index in [1.165, 1.54) is 6.42 Å². The number of benzene rings is 3. The van der Waals surface area contributed by atoms with Crippen LogP contribution in [-0.2, 0) is 24.3 Å². The molecule has 2 atom stereocenters. The van der Waals surface area contributed by atoms with Crippen LogP contribution in [0.2, 0.25) is 0 Å². The van der Waals surface area contributed by atoms with Crippen LogP contribution in [0.25, 0.3) is 16.8 Å². The van der Waals surface area contributed by atoms with Crippen molar-refractivity contribution < 1.29 is 19.2 Å². The van der Waals surface area contributed by atoms with Gasteiger partial charge in [-0.3, -0.25) is 9.59 Å². The first kappa shape index (κ1) is 36.8. The lowest BCUT2D eigenvalue weighted by Crippen LogP contribution is -2.46. The number of piperidine rings is 1. The van der Waals surface area contributed by atoms with Gasteiger partial charge in [-0.2, -0.15) is 5.10 Å². The van der Waals surface area contributed by atoms with E-state index in [0.29, 0.717) is 43.0 Å². The maximum Gasteiger partial charge on any atom is 0.274 e. The van der Waals surface area contributed by atoms with Crippen LogP contribution in [0, 0.1) is 6.92 Å². The third-order valence-electron chi connectivity index (χ3n) is 10.2. The second kappa shape index (κ2) is 17.0. The second-order valence-electron chi connectivity index (χ2n) is 13.8. The Balaban J connectivity index is 1.37. The van der Waals surface area contributed by atoms with Crippen molar-refractivity contribution in [3.63, 3.8) is 0 Å². The zero-order chi connectivity index (χ0) is 35.9. The van der Waals surface area contributed by atoms with E-state index in [1.807, 2.05) is 82.9 Å². The van der Waals surface area contributed by atoms with Gasteiger partial charge in [0, 0.05) is 38.4 Å². The Kier molecular flexibility index (Phi) is 12.3. The van der Waals surface area contributed by atoms with Gasteiger partial charge >= 0.3 is 0 Å². The normalized spacial score (nSPS) is 16.9. The lowest BCUT2D eigenvalue weighted by atomic mass is 9.93. The molecule has 1 fully saturated rings. The smallest absolute Gasteiger partial charge is 0.274 e. The van der Waals surface area contributed by atoms with Gasteiger partial charge in [0.1, 0.15) is 0 Å². The monoisotopic (exact) mass is 709 g/mol. The molecule has 0 aliphatic carbocycles. The van der Waals surface area contributed by atoms with Gasteiger partial charge < -0.3 is 19.5 Å². The molecular formula is C41H51N5O4S. The minimum absolute atomic E-state index is 0.0988. The SMILES string of the molecule is CCCCN(CCCC)C(=O)c1cc(C)n(-c2ccc(-c3ccc([S+]([O-])N4CCCCC4)cc3)cc2C(=O)N2Cc3ccccc3C[C@H]2CO)n1. The van der Waals surface area contributed by atoms with Crippen LogP contribution < -0.4 is 0 Å². The van der Waals surface area contributed by atoms with Crippen molar-refractivity contribution in [1.29, 1.82) is 0 Å². The Morgan fingerprint density at radius 3 is 2.24 bits per heavy atom. The number of nitrogens with zero attached hydrogens (tertiary/aromatic N) is 5. The molecule has 1 saturated heterocycles. The zero-order valence-corrected chi connectivity index (χ0v) is 31.0. The number of carbonyl (C=O) groups is 2. The number of rotatable bonds is 13. The molecule has 0 spiro atoms. The van der Waals surface area contributed by atoms with Gasteiger partial charge in [0.05, 0.1) is 35.3 Å². The molecule has 6 rings (SSSR count). The molecule has 270 valence electrons. The molecule has 4 aromatic rings. The van der Waals surface area contributed by atoms with Crippen molar-refractivity contribution in [2.45, 2.75) is 89.6 Å². The summed E-state index contributed by atoms with van der Waals surface area (Å²) >= 11 is -1.21. The standard InChI is InChI=1S/C41H51N5O4S/c1-4-6-21-43(22-7-5-2)41(49)38-25-30(3)46(42-38)39-20-17-33(31-15-18-36(19-16-31)51(50)44-23-11-8-12-24-44)27-37(39)40(48)45-28-34-14-10-9-13-32(34)26-35(45)29-47/h9-10,13-20,25,27,35,47H,4-8,11-12,21-24,26,28-29H2,1-3H3/t35-,51?/m0/s1. The molecule has 3 aromatic carbocycles. The van der Waals surface area contributed by atoms with Crippen LogP contribution in [0.5, 0.6) is 0 Å². The third kappa shape index (κ3) is 8.25. The van der Waals surface area contributed by atoms with Crippen molar-refractivity contribution in [1.82, 2.24) is 23.9 Å². The van der Waals surface area contributed by atoms with Crippen LogP contribution in [0.15, 0.2) is 77.7 Å². The molecule has 2 aliphatic rings. The summed E-state index contributed by atoms with van der Waals surface area (Å²) in [5, 5.41) is 15.3. The predicted octanol–water partition coefficient (Wildman–Crippen LogP) is 6.96. The minimum Gasteiger partial charge on any atom is -0.593 e. The molecule has 0 bridgehead atoms. The number of unbranched alkanes of at least 4 members (excludes halogenated alkanes) is 2. The van der Waals surface area contributed by atoms with Gasteiger partial charge in [-0.05, 0) is 104 Å². The van der Waals surface area contributed by atoms with E-state index in [9.17, 15) is 19.2 Å². The summed E-state index contributed by atoms with van der Waals surface area (Å²) in [7, 11) is 0. The number of carbonyl (C=O) groups excluding carboxylic acids is 2. The number of aliphatic hydroxyl groups is 1. The highest BCUT2D eigenvalue weighted by molar-refractivity contribution is 7.89. The molecule has 1 aromatic heterocycles. The van der Waals surface area contributed by atoms with E-state index in [0.717, 1.165) is 84.5 Å². The zero-order valence-electron chi connectivity index (χ0n) is 30.2. The second-order valence-corrected chi connectivity index (χ2v) is 15.3. The van der Waals surface area contributed by atoms with E-state index in [4.69, 9.17) is 5.10 Å². The number of aromatic nitrogens is 2. The predicted molar refractivity (Wildman–Crippen MR) is 202 cm³/mol. The summed E-state index contributed by atoms with van der Waals surface area (Å²) in [6.07, 6.45) is 7.71. The highest BCUT2D eigenvalue weighted by Gasteiger charge is 2.32. The molecule has 10 heteroatoms. The quantitative estimate of drug-likeness (QED) is 0.151. The number of aryl methyl sites for hydroxylation is 1. The molecule has 3 heterocycles. The lowest BCUT2D eigenvalue weighted by molar-refractivity contribution is 0.0544. The van der Waals surface area contributed by atoms with Gasteiger partial charge in [0.2, 0.25) is 0 Å². The molecule has 0 radical (unpaired) electrons. The van der Waals surface area contributed by atoms with Crippen molar-refractivity contribution in [2.75, 3.05) is 32.8 Å². The molecule has 2 aliphatic heterocycles. The summed E-state index contributed by atoms with van der Waals surface area (Å²) in [6, 6.07) is 23.0. The molecule has 51 heavy (non-hydrogen) atoms. The Bertz CT molecular complexity index is 1790. The van der Waals surface area contributed by atoms with E-state index in [-0.39, 0.29) is 24.5 Å². The largest absolute Gasteiger partial charge is 0.593 e. The van der Waals surface area contributed by atoms with Crippen LogP contribution in [-0.4, -0.2) is 84.2 Å². The highest BCUT2D eigenvalue weighted by Crippen LogP contribution is 2.31. The Morgan fingerprint density at radius 1 is 0.902 bits per heavy atom. The Morgan fingerprint density at radius 2 is 1.57 bits per heavy atom. The van der Waals surface area contributed by atoms with Crippen LogP contribution in [0.1, 0.15) is 96.5 Å². The average molecular weight is 710 g/mol. The van der Waals surface area contributed by atoms with Gasteiger partial charge in [-0.15, -0.1) is 4.31 Å². The van der Waals surface area contributed by atoms with Gasteiger partial charge in [0.15, 0.2) is 10.6 Å². The summed E-state index contributed by atoms with van der Waals surface area (Å²) in [6.45, 7) is 9.42. The molecule has 9 nitrogen and oxygen atoms in total. The van der Waals surface area contributed by atoms with Crippen LogP contribution >= 0.6 is 0 Å². The van der Waals surface area contributed by atoms with Crippen LogP contribution in [0.4, 0.5) is 0 Å². The summed E-state index contributed by atoms with van der Waals surface area (Å²) in [4.78, 5) is 32.9. The third-order valence-corrected chi connectivity index (χ3v) is 11.7. The van der Waals surface area contributed by atoms with E-state index >= 15 is 0 Å². The minimum atomic E-state index is -1.21. The van der Waals surface area contributed by atoms with Crippen LogP contribution in [0.3, 0.4) is 0 Å². The number of aliphatic hydroxyl groups excluding tert-OH is 1. The number of amides is 2. The van der Waals surface area contributed by atoms with Crippen molar-refractivity contribution >= 4 is 23.2 Å². The molecule has 1 unspecified atom stereocenters. The van der Waals surface area contributed by atoms with E-state index in [1.54, 1.807) is 9.58 Å². The van der Waals surface area contributed by atoms with Crippen molar-refractivity contribution in [3.05, 3.63) is 101 Å². The maximum absolute atomic E-state index is 14.7. The number of hydrogen-bond donors (Lipinski definition) is 1.